The van der Waals surface area contributed by atoms with Crippen molar-refractivity contribution in [1.82, 2.24) is 5.01 Å². The Morgan fingerprint density at radius 2 is 1.79 bits per heavy atom. The molecule has 0 saturated carbocycles. The average molecular weight is 446 g/mol. The molecule has 3 aromatic rings. The van der Waals surface area contributed by atoms with E-state index >= 15 is 0 Å². The van der Waals surface area contributed by atoms with Crippen LogP contribution in [0.3, 0.4) is 0 Å². The summed E-state index contributed by atoms with van der Waals surface area (Å²) < 4.78 is 10.6. The number of nitro benzene ring substituents is 1. The Kier molecular flexibility index (Phi) is 5.70. The van der Waals surface area contributed by atoms with Crippen LogP contribution >= 0.6 is 0 Å². The van der Waals surface area contributed by atoms with Crippen molar-refractivity contribution in [2.24, 2.45) is 5.10 Å². The Morgan fingerprint density at radius 1 is 1.03 bits per heavy atom. The molecule has 9 nitrogen and oxygen atoms in total. The monoisotopic (exact) mass is 446 g/mol. The fraction of sp³-hybridized carbons (Fsp3) is 0.167. The SMILES string of the molecule is COc1ccc(/C=N\N2C(=O)c3ccccc3N[C@]2(C)c2cccc([N+](=O)[O-])c2)cc1OC. The Balaban J connectivity index is 1.81. The third kappa shape index (κ3) is 3.96. The zero-order valence-corrected chi connectivity index (χ0v) is 18.3. The molecule has 9 heteroatoms. The van der Waals surface area contributed by atoms with E-state index < -0.39 is 10.6 Å². The molecule has 0 fully saturated rings. The van der Waals surface area contributed by atoms with E-state index in [-0.39, 0.29) is 11.6 Å². The molecule has 0 spiro atoms. The van der Waals surface area contributed by atoms with Crippen LogP contribution < -0.4 is 14.8 Å². The quantitative estimate of drug-likeness (QED) is 0.342. The van der Waals surface area contributed by atoms with Crippen molar-refractivity contribution in [3.63, 3.8) is 0 Å². The number of anilines is 1. The summed E-state index contributed by atoms with van der Waals surface area (Å²) in [6, 6.07) is 18.5. The van der Waals surface area contributed by atoms with Gasteiger partial charge in [0.1, 0.15) is 0 Å². The van der Waals surface area contributed by atoms with Crippen molar-refractivity contribution >= 4 is 23.5 Å². The third-order valence-corrected chi connectivity index (χ3v) is 5.50. The average Bonchev–Trinajstić information content (AvgIpc) is 2.83. The highest BCUT2D eigenvalue weighted by Crippen LogP contribution is 2.39. The second-order valence-corrected chi connectivity index (χ2v) is 7.53. The molecule has 0 radical (unpaired) electrons. The first-order chi connectivity index (χ1) is 15.9. The number of methoxy groups -OCH3 is 2. The van der Waals surface area contributed by atoms with E-state index in [1.54, 1.807) is 62.6 Å². The number of non-ortho nitro benzene ring substituents is 1. The molecule has 3 aromatic carbocycles. The fourth-order valence-electron chi connectivity index (χ4n) is 3.75. The lowest BCUT2D eigenvalue weighted by Crippen LogP contribution is -2.53. The summed E-state index contributed by atoms with van der Waals surface area (Å²) in [5, 5.41) is 20.5. The van der Waals surface area contributed by atoms with Crippen LogP contribution in [0.2, 0.25) is 0 Å². The van der Waals surface area contributed by atoms with Gasteiger partial charge >= 0.3 is 0 Å². The number of benzene rings is 3. The van der Waals surface area contributed by atoms with E-state index in [4.69, 9.17) is 9.47 Å². The summed E-state index contributed by atoms with van der Waals surface area (Å²) in [4.78, 5) is 24.4. The largest absolute Gasteiger partial charge is 0.493 e. The first kappa shape index (κ1) is 21.8. The van der Waals surface area contributed by atoms with Crippen LogP contribution in [0.4, 0.5) is 11.4 Å². The molecule has 1 aliphatic heterocycles. The molecule has 1 aliphatic rings. The van der Waals surface area contributed by atoms with Gasteiger partial charge in [0, 0.05) is 23.4 Å². The van der Waals surface area contributed by atoms with E-state index in [9.17, 15) is 14.9 Å². The van der Waals surface area contributed by atoms with Crippen molar-refractivity contribution < 1.29 is 19.2 Å². The summed E-state index contributed by atoms with van der Waals surface area (Å²) >= 11 is 0. The molecular formula is C24H22N4O5. The number of carbonyl (C=O) groups excluding carboxylic acids is 1. The van der Waals surface area contributed by atoms with Crippen LogP contribution in [0.15, 0.2) is 71.8 Å². The predicted octanol–water partition coefficient (Wildman–Crippen LogP) is 4.39. The normalized spacial score (nSPS) is 17.4. The molecule has 0 saturated heterocycles. The van der Waals surface area contributed by atoms with E-state index in [1.807, 2.05) is 6.07 Å². The van der Waals surface area contributed by atoms with Crippen molar-refractivity contribution in [3.05, 3.63) is 93.5 Å². The van der Waals surface area contributed by atoms with E-state index in [1.165, 1.54) is 30.5 Å². The van der Waals surface area contributed by atoms with Gasteiger partial charge in [-0.25, -0.2) is 0 Å². The van der Waals surface area contributed by atoms with Crippen molar-refractivity contribution in [2.75, 3.05) is 19.5 Å². The number of carbonyl (C=O) groups is 1. The molecule has 4 rings (SSSR count). The topological polar surface area (TPSA) is 106 Å². The zero-order chi connectivity index (χ0) is 23.6. The Hall–Kier alpha value is -4.40. The lowest BCUT2D eigenvalue weighted by Gasteiger charge is -2.43. The number of nitro groups is 1. The first-order valence-electron chi connectivity index (χ1n) is 10.1. The molecule has 0 aliphatic carbocycles. The van der Waals surface area contributed by atoms with Gasteiger partial charge in [-0.2, -0.15) is 10.1 Å². The van der Waals surface area contributed by atoms with Crippen molar-refractivity contribution in [2.45, 2.75) is 12.6 Å². The maximum atomic E-state index is 13.5. The van der Waals surface area contributed by atoms with E-state index in [0.717, 1.165) is 0 Å². The van der Waals surface area contributed by atoms with Gasteiger partial charge in [-0.05, 0) is 42.8 Å². The van der Waals surface area contributed by atoms with Gasteiger partial charge in [-0.15, -0.1) is 0 Å². The molecule has 1 atom stereocenters. The molecule has 33 heavy (non-hydrogen) atoms. The predicted molar refractivity (Wildman–Crippen MR) is 124 cm³/mol. The van der Waals surface area contributed by atoms with Crippen LogP contribution in [0.1, 0.15) is 28.4 Å². The number of rotatable bonds is 6. The molecular weight excluding hydrogens is 424 g/mol. The molecule has 0 aromatic heterocycles. The van der Waals surface area contributed by atoms with Gasteiger partial charge in [0.25, 0.3) is 11.6 Å². The Bertz CT molecular complexity index is 1260. The zero-order valence-electron chi connectivity index (χ0n) is 18.3. The van der Waals surface area contributed by atoms with Gasteiger partial charge in [-0.1, -0.05) is 24.3 Å². The highest BCUT2D eigenvalue weighted by molar-refractivity contribution is 6.02. The van der Waals surface area contributed by atoms with Crippen LogP contribution in [-0.2, 0) is 5.66 Å². The Labute approximate surface area is 190 Å². The Morgan fingerprint density at radius 3 is 2.52 bits per heavy atom. The summed E-state index contributed by atoms with van der Waals surface area (Å²) in [6.45, 7) is 1.76. The van der Waals surface area contributed by atoms with Crippen LogP contribution in [-0.4, -0.2) is 36.3 Å². The number of nitrogens with zero attached hydrogens (tertiary/aromatic N) is 3. The van der Waals surface area contributed by atoms with Gasteiger partial charge in [-0.3, -0.25) is 14.9 Å². The van der Waals surface area contributed by atoms with Gasteiger partial charge in [0.2, 0.25) is 0 Å². The second-order valence-electron chi connectivity index (χ2n) is 7.53. The summed E-state index contributed by atoms with van der Waals surface area (Å²) in [7, 11) is 3.08. The number of ether oxygens (including phenoxy) is 2. The molecule has 1 amide bonds. The highest BCUT2D eigenvalue weighted by Gasteiger charge is 2.43. The molecule has 1 heterocycles. The lowest BCUT2D eigenvalue weighted by molar-refractivity contribution is -0.385. The van der Waals surface area contributed by atoms with Gasteiger partial charge < -0.3 is 14.8 Å². The summed E-state index contributed by atoms with van der Waals surface area (Å²) in [5.41, 5.74) is 1.01. The first-order valence-corrected chi connectivity index (χ1v) is 10.1. The number of nitrogens with one attached hydrogen (secondary N) is 1. The maximum Gasteiger partial charge on any atom is 0.278 e. The van der Waals surface area contributed by atoms with Gasteiger partial charge in [0.05, 0.1) is 30.9 Å². The minimum absolute atomic E-state index is 0.0781. The fourth-order valence-corrected chi connectivity index (χ4v) is 3.75. The van der Waals surface area contributed by atoms with Crippen molar-refractivity contribution in [3.8, 4) is 11.5 Å². The van der Waals surface area contributed by atoms with Gasteiger partial charge in [0.15, 0.2) is 17.2 Å². The van der Waals surface area contributed by atoms with Crippen molar-refractivity contribution in [1.29, 1.82) is 0 Å². The number of fused-ring (bicyclic) bond motifs is 1. The lowest BCUT2D eigenvalue weighted by atomic mass is 9.95. The minimum Gasteiger partial charge on any atom is -0.493 e. The van der Waals surface area contributed by atoms with Crippen LogP contribution in [0.25, 0.3) is 0 Å². The minimum atomic E-state index is -1.18. The van der Waals surface area contributed by atoms with E-state index in [2.05, 4.69) is 10.4 Å². The highest BCUT2D eigenvalue weighted by atomic mass is 16.6. The number of hydrazone groups is 1. The number of hydrogen-bond donors (Lipinski definition) is 1. The maximum absolute atomic E-state index is 13.5. The van der Waals surface area contributed by atoms with E-state index in [0.29, 0.717) is 33.9 Å². The third-order valence-electron chi connectivity index (χ3n) is 5.50. The number of amides is 1. The number of para-hydroxylation sites is 1. The molecule has 0 unspecified atom stereocenters. The van der Waals surface area contributed by atoms with Crippen LogP contribution in [0, 0.1) is 10.1 Å². The van der Waals surface area contributed by atoms with Crippen LogP contribution in [0.5, 0.6) is 11.5 Å². The second kappa shape index (κ2) is 8.62. The summed E-state index contributed by atoms with van der Waals surface area (Å²) in [6.07, 6.45) is 1.53. The number of hydrogen-bond acceptors (Lipinski definition) is 7. The molecule has 168 valence electrons. The molecule has 1 N–H and O–H groups in total. The standard InChI is InChI=1S/C24H22N4O5/c1-24(17-7-6-8-18(14-17)28(30)31)26-20-10-5-4-9-19(20)23(29)27(24)25-15-16-11-12-21(32-2)22(13-16)33-3/h4-15,26H,1-3H3/b25-15-/t24-/m0/s1. The smallest absolute Gasteiger partial charge is 0.278 e. The summed E-state index contributed by atoms with van der Waals surface area (Å²) in [5.74, 6) is 0.757. The molecule has 0 bridgehead atoms.